The lowest BCUT2D eigenvalue weighted by molar-refractivity contribution is 1.05. The number of anilines is 3. The number of nitrogens with one attached hydrogen (secondary N) is 2. The Morgan fingerprint density at radius 3 is 2.63 bits per heavy atom. The average Bonchev–Trinajstić information content (AvgIpc) is 2.41. The molecule has 0 atom stereocenters. The molecule has 0 bridgehead atoms. The van der Waals surface area contributed by atoms with Gasteiger partial charge < -0.3 is 10.6 Å². The van der Waals surface area contributed by atoms with E-state index < -0.39 is 0 Å². The molecular formula is C13H14BrClN4. The zero-order valence-corrected chi connectivity index (χ0v) is 13.0. The lowest BCUT2D eigenvalue weighted by Crippen LogP contribution is -2.05. The van der Waals surface area contributed by atoms with Crippen molar-refractivity contribution < 1.29 is 0 Å². The summed E-state index contributed by atoms with van der Waals surface area (Å²) in [7, 11) is 1.85. The minimum absolute atomic E-state index is 0.687. The summed E-state index contributed by atoms with van der Waals surface area (Å²) >= 11 is 9.41. The van der Waals surface area contributed by atoms with Gasteiger partial charge in [-0.15, -0.1) is 0 Å². The highest BCUT2D eigenvalue weighted by Gasteiger charge is 2.10. The quantitative estimate of drug-likeness (QED) is 0.873. The van der Waals surface area contributed by atoms with Crippen molar-refractivity contribution in [1.82, 2.24) is 9.97 Å². The minimum atomic E-state index is 0.687. The van der Waals surface area contributed by atoms with Crippen molar-refractivity contribution in [3.05, 3.63) is 39.6 Å². The van der Waals surface area contributed by atoms with Crippen LogP contribution in [0.25, 0.3) is 0 Å². The molecule has 2 N–H and O–H groups in total. The van der Waals surface area contributed by atoms with E-state index in [-0.39, 0.29) is 0 Å². The molecule has 0 aliphatic carbocycles. The molecule has 6 heteroatoms. The van der Waals surface area contributed by atoms with Gasteiger partial charge in [-0.2, -0.15) is 0 Å². The molecule has 1 aromatic heterocycles. The van der Waals surface area contributed by atoms with Gasteiger partial charge in [0.1, 0.15) is 18.0 Å². The second kappa shape index (κ2) is 6.21. The Morgan fingerprint density at radius 2 is 2.00 bits per heavy atom. The Kier molecular flexibility index (Phi) is 4.61. The molecule has 0 amide bonds. The predicted molar refractivity (Wildman–Crippen MR) is 83.4 cm³/mol. The van der Waals surface area contributed by atoms with Crippen LogP contribution in [0, 0.1) is 0 Å². The molecule has 1 heterocycles. The molecule has 1 aromatic carbocycles. The number of benzene rings is 1. The lowest BCUT2D eigenvalue weighted by atomic mass is 10.2. The van der Waals surface area contributed by atoms with E-state index in [1.165, 1.54) is 6.33 Å². The van der Waals surface area contributed by atoms with Gasteiger partial charge in [0.15, 0.2) is 0 Å². The second-order valence-corrected chi connectivity index (χ2v) is 5.19. The Labute approximate surface area is 125 Å². The first-order chi connectivity index (χ1) is 9.15. The van der Waals surface area contributed by atoms with E-state index in [2.05, 4.69) is 43.5 Å². The molecule has 2 rings (SSSR count). The molecule has 0 saturated carbocycles. The van der Waals surface area contributed by atoms with Gasteiger partial charge in [-0.3, -0.25) is 0 Å². The van der Waals surface area contributed by atoms with Crippen LogP contribution in [-0.4, -0.2) is 17.0 Å². The van der Waals surface area contributed by atoms with Gasteiger partial charge in [0.25, 0.3) is 0 Å². The van der Waals surface area contributed by atoms with Crippen molar-refractivity contribution in [2.24, 2.45) is 0 Å². The lowest BCUT2D eigenvalue weighted by Gasteiger charge is -2.13. The highest BCUT2D eigenvalue weighted by atomic mass is 79.9. The van der Waals surface area contributed by atoms with Crippen LogP contribution >= 0.6 is 27.5 Å². The number of aromatic nitrogens is 2. The first-order valence-corrected chi connectivity index (χ1v) is 7.06. The van der Waals surface area contributed by atoms with Crippen LogP contribution in [0.1, 0.15) is 12.5 Å². The summed E-state index contributed by atoms with van der Waals surface area (Å²) < 4.78 is 0.895. The molecule has 0 spiro atoms. The van der Waals surface area contributed by atoms with Crippen LogP contribution in [0.15, 0.2) is 29.0 Å². The summed E-state index contributed by atoms with van der Waals surface area (Å²) in [5.74, 6) is 1.63. The monoisotopic (exact) mass is 340 g/mol. The molecule has 2 aromatic rings. The molecule has 0 saturated heterocycles. The number of hydrogen-bond acceptors (Lipinski definition) is 4. The fourth-order valence-corrected chi connectivity index (χ4v) is 2.57. The predicted octanol–water partition coefficient (Wildman–Crippen LogP) is 4.24. The Morgan fingerprint density at radius 1 is 1.26 bits per heavy atom. The van der Waals surface area contributed by atoms with Crippen LogP contribution in [0.3, 0.4) is 0 Å². The van der Waals surface area contributed by atoms with E-state index >= 15 is 0 Å². The highest BCUT2D eigenvalue weighted by molar-refractivity contribution is 9.10. The zero-order valence-electron chi connectivity index (χ0n) is 10.7. The SMILES string of the molecule is CCc1c(NC)ncnc1Nc1ccc(Cl)cc1Br. The van der Waals surface area contributed by atoms with Crippen molar-refractivity contribution in [2.45, 2.75) is 13.3 Å². The van der Waals surface area contributed by atoms with Crippen LogP contribution in [0.2, 0.25) is 5.02 Å². The first-order valence-electron chi connectivity index (χ1n) is 5.89. The molecule has 0 radical (unpaired) electrons. The molecule has 4 nitrogen and oxygen atoms in total. The maximum atomic E-state index is 5.93. The molecule has 0 aliphatic heterocycles. The van der Waals surface area contributed by atoms with Crippen LogP contribution < -0.4 is 10.6 Å². The third-order valence-corrected chi connectivity index (χ3v) is 3.61. The van der Waals surface area contributed by atoms with Crippen LogP contribution in [-0.2, 0) is 6.42 Å². The van der Waals surface area contributed by atoms with Gasteiger partial charge in [0.05, 0.1) is 5.69 Å². The molecule has 0 fully saturated rings. The van der Waals surface area contributed by atoms with Gasteiger partial charge in [0, 0.05) is 22.1 Å². The van der Waals surface area contributed by atoms with E-state index in [0.717, 1.165) is 33.8 Å². The van der Waals surface area contributed by atoms with E-state index in [0.29, 0.717) is 5.02 Å². The summed E-state index contributed by atoms with van der Waals surface area (Å²) in [4.78, 5) is 8.51. The zero-order chi connectivity index (χ0) is 13.8. The summed E-state index contributed by atoms with van der Waals surface area (Å²) in [5.41, 5.74) is 1.96. The third-order valence-electron chi connectivity index (χ3n) is 2.72. The Balaban J connectivity index is 2.37. The smallest absolute Gasteiger partial charge is 0.139 e. The standard InChI is InChI=1S/C13H14BrClN4/c1-3-9-12(16-2)17-7-18-13(9)19-11-5-4-8(15)6-10(11)14/h4-7H,3H2,1-2H3,(H2,16,17,18,19). The maximum Gasteiger partial charge on any atom is 0.139 e. The molecule has 19 heavy (non-hydrogen) atoms. The first kappa shape index (κ1) is 14.1. The summed E-state index contributed by atoms with van der Waals surface area (Å²) in [6.45, 7) is 2.07. The van der Waals surface area contributed by atoms with Crippen molar-refractivity contribution in [2.75, 3.05) is 17.7 Å². The number of rotatable bonds is 4. The maximum absolute atomic E-state index is 5.93. The summed E-state index contributed by atoms with van der Waals surface area (Å²) in [5, 5.41) is 7.06. The van der Waals surface area contributed by atoms with Crippen molar-refractivity contribution in [3.63, 3.8) is 0 Å². The van der Waals surface area contributed by atoms with Gasteiger partial charge in [0.2, 0.25) is 0 Å². The Bertz CT molecular complexity index is 589. The molecule has 0 unspecified atom stereocenters. The largest absolute Gasteiger partial charge is 0.373 e. The molecule has 100 valence electrons. The van der Waals surface area contributed by atoms with Crippen molar-refractivity contribution in [3.8, 4) is 0 Å². The van der Waals surface area contributed by atoms with Crippen LogP contribution in [0.4, 0.5) is 17.3 Å². The summed E-state index contributed by atoms with van der Waals surface area (Å²) in [6, 6.07) is 5.59. The third kappa shape index (κ3) is 3.16. The number of halogens is 2. The van der Waals surface area contributed by atoms with Crippen LogP contribution in [0.5, 0.6) is 0 Å². The fourth-order valence-electron chi connectivity index (χ4n) is 1.79. The van der Waals surface area contributed by atoms with E-state index in [1.807, 2.05) is 25.2 Å². The molecular weight excluding hydrogens is 328 g/mol. The Hall–Kier alpha value is -1.33. The second-order valence-electron chi connectivity index (χ2n) is 3.90. The van der Waals surface area contributed by atoms with Crippen molar-refractivity contribution in [1.29, 1.82) is 0 Å². The number of nitrogens with zero attached hydrogens (tertiary/aromatic N) is 2. The minimum Gasteiger partial charge on any atom is -0.373 e. The van der Waals surface area contributed by atoms with Gasteiger partial charge in [-0.05, 0) is 40.5 Å². The topological polar surface area (TPSA) is 49.8 Å². The normalized spacial score (nSPS) is 10.3. The van der Waals surface area contributed by atoms with E-state index in [4.69, 9.17) is 11.6 Å². The number of hydrogen-bond donors (Lipinski definition) is 2. The fraction of sp³-hybridized carbons (Fsp3) is 0.231. The van der Waals surface area contributed by atoms with Gasteiger partial charge in [-0.1, -0.05) is 18.5 Å². The van der Waals surface area contributed by atoms with E-state index in [1.54, 1.807) is 0 Å². The average molecular weight is 342 g/mol. The van der Waals surface area contributed by atoms with Gasteiger partial charge in [-0.25, -0.2) is 9.97 Å². The molecule has 0 aliphatic rings. The van der Waals surface area contributed by atoms with Crippen molar-refractivity contribution >= 4 is 44.9 Å². The highest BCUT2D eigenvalue weighted by Crippen LogP contribution is 2.30. The summed E-state index contributed by atoms with van der Waals surface area (Å²) in [6.07, 6.45) is 2.38. The van der Waals surface area contributed by atoms with Gasteiger partial charge >= 0.3 is 0 Å². The van der Waals surface area contributed by atoms with E-state index in [9.17, 15) is 0 Å².